The van der Waals surface area contributed by atoms with Gasteiger partial charge in [0.2, 0.25) is 11.7 Å². The minimum Gasteiger partial charge on any atom is -0.350 e. The Bertz CT molecular complexity index is 845. The van der Waals surface area contributed by atoms with Gasteiger partial charge in [0.05, 0.1) is 4.92 Å². The third kappa shape index (κ3) is 3.66. The minimum absolute atomic E-state index is 0.0968. The van der Waals surface area contributed by atoms with Crippen molar-refractivity contribution in [3.63, 3.8) is 0 Å². The lowest BCUT2D eigenvalue weighted by molar-refractivity contribution is -0.384. The Kier molecular flexibility index (Phi) is 4.63. The number of carbonyl (C=O) groups excluding carboxylic acids is 1. The van der Waals surface area contributed by atoms with E-state index in [1.54, 1.807) is 4.90 Å². The monoisotopic (exact) mass is 354 g/mol. The molecule has 1 N–H and O–H groups in total. The predicted molar refractivity (Wildman–Crippen MR) is 98.9 cm³/mol. The van der Waals surface area contributed by atoms with Crippen LogP contribution >= 0.6 is 0 Å². The molecule has 136 valence electrons. The van der Waals surface area contributed by atoms with Crippen LogP contribution in [0, 0.1) is 10.1 Å². The number of fused-ring (bicyclic) bond motifs is 1. The molecule has 1 atom stereocenters. The van der Waals surface area contributed by atoms with Crippen molar-refractivity contribution in [3.05, 3.63) is 63.8 Å². The summed E-state index contributed by atoms with van der Waals surface area (Å²) in [5.74, 6) is 0.0630. The van der Waals surface area contributed by atoms with E-state index in [0.29, 0.717) is 13.0 Å². The second kappa shape index (κ2) is 6.74. The third-order valence-electron chi connectivity index (χ3n) is 4.28. The summed E-state index contributed by atoms with van der Waals surface area (Å²) in [7, 11) is 0. The van der Waals surface area contributed by atoms with Crippen LogP contribution in [-0.4, -0.2) is 27.4 Å². The molecule has 1 aromatic carbocycles. The molecule has 1 amide bonds. The van der Waals surface area contributed by atoms with Gasteiger partial charge in [-0.25, -0.2) is 4.98 Å². The van der Waals surface area contributed by atoms with Crippen LogP contribution in [0.3, 0.4) is 0 Å². The Morgan fingerprint density at radius 3 is 2.58 bits per heavy atom. The number of rotatable bonds is 3. The van der Waals surface area contributed by atoms with Crippen LogP contribution in [-0.2, 0) is 17.8 Å². The van der Waals surface area contributed by atoms with Crippen molar-refractivity contribution in [2.24, 2.45) is 0 Å². The molecule has 7 nitrogen and oxygen atoms in total. The van der Waals surface area contributed by atoms with Crippen LogP contribution < -0.4 is 10.2 Å². The van der Waals surface area contributed by atoms with E-state index in [-0.39, 0.29) is 17.4 Å². The van der Waals surface area contributed by atoms with Crippen molar-refractivity contribution < 1.29 is 9.72 Å². The lowest BCUT2D eigenvalue weighted by Crippen LogP contribution is -2.55. The van der Waals surface area contributed by atoms with Gasteiger partial charge in [0.15, 0.2) is 0 Å². The molecule has 1 aliphatic heterocycles. The molecule has 0 aliphatic carbocycles. The van der Waals surface area contributed by atoms with E-state index in [1.165, 1.54) is 18.3 Å². The van der Waals surface area contributed by atoms with Crippen molar-refractivity contribution in [1.82, 2.24) is 10.3 Å². The van der Waals surface area contributed by atoms with E-state index in [9.17, 15) is 14.9 Å². The number of amides is 1. The fraction of sp³-hybridized carbons (Fsp3) is 0.368. The average molecular weight is 354 g/mol. The summed E-state index contributed by atoms with van der Waals surface area (Å²) in [5, 5.41) is 14.4. The fourth-order valence-electron chi connectivity index (χ4n) is 3.19. The van der Waals surface area contributed by atoms with Gasteiger partial charge in [-0.2, -0.15) is 0 Å². The summed E-state index contributed by atoms with van der Waals surface area (Å²) < 4.78 is 0. The number of carbonyl (C=O) groups is 1. The smallest absolute Gasteiger partial charge is 0.311 e. The summed E-state index contributed by atoms with van der Waals surface area (Å²) in [5.41, 5.74) is 1.64. The van der Waals surface area contributed by atoms with Crippen LogP contribution in [0.2, 0.25) is 0 Å². The molecule has 1 aromatic heterocycles. The maximum Gasteiger partial charge on any atom is 0.311 e. The topological polar surface area (TPSA) is 88.4 Å². The first-order valence-corrected chi connectivity index (χ1v) is 8.51. The second-order valence-corrected chi connectivity index (χ2v) is 7.46. The molecular formula is C19H22N4O3. The zero-order chi connectivity index (χ0) is 18.9. The van der Waals surface area contributed by atoms with Crippen molar-refractivity contribution >= 4 is 17.4 Å². The molecule has 2 heterocycles. The van der Waals surface area contributed by atoms with Gasteiger partial charge in [-0.1, -0.05) is 24.3 Å². The summed E-state index contributed by atoms with van der Waals surface area (Å²) in [6, 6.07) is 10.2. The number of hydrogen-bond donors (Lipinski definition) is 1. The molecule has 2 aromatic rings. The van der Waals surface area contributed by atoms with E-state index < -0.39 is 16.5 Å². The maximum absolute atomic E-state index is 12.9. The van der Waals surface area contributed by atoms with Gasteiger partial charge < -0.3 is 10.2 Å². The Labute approximate surface area is 152 Å². The van der Waals surface area contributed by atoms with Crippen LogP contribution in [0.1, 0.15) is 31.9 Å². The van der Waals surface area contributed by atoms with Crippen molar-refractivity contribution in [3.8, 4) is 0 Å². The van der Waals surface area contributed by atoms with Crippen LogP contribution in [0.15, 0.2) is 42.6 Å². The van der Waals surface area contributed by atoms with Gasteiger partial charge >= 0.3 is 5.69 Å². The van der Waals surface area contributed by atoms with Crippen LogP contribution in [0.25, 0.3) is 0 Å². The number of benzene rings is 1. The molecule has 0 saturated carbocycles. The van der Waals surface area contributed by atoms with Crippen LogP contribution in [0.5, 0.6) is 0 Å². The molecule has 0 unspecified atom stereocenters. The van der Waals surface area contributed by atoms with E-state index in [2.05, 4.69) is 10.3 Å². The molecule has 0 bridgehead atoms. The van der Waals surface area contributed by atoms with Crippen LogP contribution in [0.4, 0.5) is 11.5 Å². The van der Waals surface area contributed by atoms with Crippen molar-refractivity contribution in [1.29, 1.82) is 0 Å². The zero-order valence-corrected chi connectivity index (χ0v) is 15.1. The average Bonchev–Trinajstić information content (AvgIpc) is 2.59. The Balaban J connectivity index is 2.05. The lowest BCUT2D eigenvalue weighted by Gasteiger charge is -2.37. The number of pyridine rings is 1. The zero-order valence-electron chi connectivity index (χ0n) is 15.1. The van der Waals surface area contributed by atoms with E-state index in [4.69, 9.17) is 0 Å². The third-order valence-corrected chi connectivity index (χ3v) is 4.28. The largest absolute Gasteiger partial charge is 0.350 e. The normalized spacial score (nSPS) is 16.7. The van der Waals surface area contributed by atoms with Gasteiger partial charge in [-0.3, -0.25) is 14.9 Å². The summed E-state index contributed by atoms with van der Waals surface area (Å²) in [6.45, 7) is 6.13. The molecule has 0 saturated heterocycles. The highest BCUT2D eigenvalue weighted by Crippen LogP contribution is 2.33. The van der Waals surface area contributed by atoms with Gasteiger partial charge in [0.25, 0.3) is 0 Å². The number of hydrogen-bond acceptors (Lipinski definition) is 5. The lowest BCUT2D eigenvalue weighted by atomic mass is 9.92. The Morgan fingerprint density at radius 2 is 1.92 bits per heavy atom. The maximum atomic E-state index is 12.9. The molecule has 7 heteroatoms. The number of anilines is 1. The molecule has 1 aliphatic rings. The number of nitro groups is 1. The molecule has 0 spiro atoms. The Morgan fingerprint density at radius 1 is 1.23 bits per heavy atom. The summed E-state index contributed by atoms with van der Waals surface area (Å²) in [6.07, 6.45) is 1.99. The molecule has 0 radical (unpaired) electrons. The quantitative estimate of drug-likeness (QED) is 0.676. The molecule has 26 heavy (non-hydrogen) atoms. The SMILES string of the molecule is CC(C)(C)NC(=O)[C@H]1Cc2ccccc2CN1c1ncccc1[N+](=O)[O-]. The van der Waals surface area contributed by atoms with E-state index >= 15 is 0 Å². The van der Waals surface area contributed by atoms with Gasteiger partial charge in [0.1, 0.15) is 6.04 Å². The fourth-order valence-corrected chi connectivity index (χ4v) is 3.19. The highest BCUT2D eigenvalue weighted by molar-refractivity contribution is 5.87. The van der Waals surface area contributed by atoms with E-state index in [0.717, 1.165) is 11.1 Å². The molecule has 3 rings (SSSR count). The second-order valence-electron chi connectivity index (χ2n) is 7.46. The molecule has 0 fully saturated rings. The number of aromatic nitrogens is 1. The summed E-state index contributed by atoms with van der Waals surface area (Å²) in [4.78, 5) is 29.9. The number of nitrogens with one attached hydrogen (secondary N) is 1. The standard InChI is InChI=1S/C19H22N4O3/c1-19(2,3)21-18(24)16-11-13-7-4-5-8-14(13)12-22(16)17-15(23(25)26)9-6-10-20-17/h4-10,16H,11-12H2,1-3H3,(H,21,24)/t16-/m1/s1. The highest BCUT2D eigenvalue weighted by Gasteiger charge is 2.36. The first-order valence-electron chi connectivity index (χ1n) is 8.51. The summed E-state index contributed by atoms with van der Waals surface area (Å²) >= 11 is 0. The van der Waals surface area contributed by atoms with Gasteiger partial charge in [-0.05, 0) is 38.0 Å². The van der Waals surface area contributed by atoms with Gasteiger partial charge in [-0.15, -0.1) is 0 Å². The molecular weight excluding hydrogens is 332 g/mol. The number of nitrogens with zero attached hydrogens (tertiary/aromatic N) is 3. The van der Waals surface area contributed by atoms with Gasteiger partial charge in [0, 0.05) is 30.8 Å². The predicted octanol–water partition coefficient (Wildman–Crippen LogP) is 2.84. The Hall–Kier alpha value is -2.96. The first kappa shape index (κ1) is 17.8. The van der Waals surface area contributed by atoms with Crippen molar-refractivity contribution in [2.75, 3.05) is 4.90 Å². The highest BCUT2D eigenvalue weighted by atomic mass is 16.6. The first-order chi connectivity index (χ1) is 12.3. The minimum atomic E-state index is -0.558. The van der Waals surface area contributed by atoms with E-state index in [1.807, 2.05) is 45.0 Å². The van der Waals surface area contributed by atoms with Crippen molar-refractivity contribution in [2.45, 2.75) is 45.3 Å².